The van der Waals surface area contributed by atoms with Crippen LogP contribution in [-0.4, -0.2) is 56.8 Å². The third-order valence-corrected chi connectivity index (χ3v) is 5.60. The molecule has 1 fully saturated rings. The highest BCUT2D eigenvalue weighted by Gasteiger charge is 2.23. The second kappa shape index (κ2) is 10.7. The molecule has 1 aromatic heterocycles. The summed E-state index contributed by atoms with van der Waals surface area (Å²) in [6.45, 7) is 9.89. The van der Waals surface area contributed by atoms with Gasteiger partial charge >= 0.3 is 0 Å². The number of likely N-dealkylation sites (tertiary alicyclic amines) is 1. The molecule has 1 aliphatic heterocycles. The van der Waals surface area contributed by atoms with Gasteiger partial charge in [0, 0.05) is 42.5 Å². The fourth-order valence-electron chi connectivity index (χ4n) is 3.04. The second-order valence-electron chi connectivity index (χ2n) is 6.12. The molecule has 2 rings (SSSR count). The predicted molar refractivity (Wildman–Crippen MR) is 103 cm³/mol. The van der Waals surface area contributed by atoms with Crippen LogP contribution in [0.5, 0.6) is 0 Å². The van der Waals surface area contributed by atoms with E-state index in [2.05, 4.69) is 41.5 Å². The third-order valence-electron chi connectivity index (χ3n) is 4.39. The molecule has 2 N–H and O–H groups in total. The van der Waals surface area contributed by atoms with Gasteiger partial charge in [0.15, 0.2) is 5.96 Å². The summed E-state index contributed by atoms with van der Waals surface area (Å²) >= 11 is 1.86. The zero-order valence-electron chi connectivity index (χ0n) is 15.3. The van der Waals surface area contributed by atoms with Gasteiger partial charge in [-0.2, -0.15) is 0 Å². The number of methoxy groups -OCH3 is 1. The Morgan fingerprint density at radius 3 is 2.88 bits per heavy atom. The molecule has 2 heterocycles. The maximum absolute atomic E-state index is 5.22. The Kier molecular flexibility index (Phi) is 8.56. The standard InChI is InChI=1S/C18H32N4OS/c1-4-16-8-9-17(24-16)14-21-18(19-5-2)20-13-15-7-6-10-22(15)11-12-23-3/h8-9,15H,4-7,10-14H2,1-3H3,(H2,19,20,21). The Balaban J connectivity index is 1.84. The number of aliphatic imine (C=N–C) groups is 1. The number of aryl methyl sites for hydroxylation is 1. The van der Waals surface area contributed by atoms with Crippen LogP contribution >= 0.6 is 11.3 Å². The van der Waals surface area contributed by atoms with Crippen LogP contribution in [0, 0.1) is 0 Å². The maximum atomic E-state index is 5.22. The van der Waals surface area contributed by atoms with Crippen molar-refractivity contribution in [1.82, 2.24) is 15.5 Å². The molecule has 0 amide bonds. The topological polar surface area (TPSA) is 48.9 Å². The average Bonchev–Trinajstić information content (AvgIpc) is 3.24. The number of thiophene rings is 1. The molecular weight excluding hydrogens is 320 g/mol. The van der Waals surface area contributed by atoms with Crippen molar-refractivity contribution in [2.75, 3.05) is 39.9 Å². The first kappa shape index (κ1) is 19.2. The van der Waals surface area contributed by atoms with Gasteiger partial charge in [0.05, 0.1) is 13.2 Å². The van der Waals surface area contributed by atoms with Gasteiger partial charge in [0.1, 0.15) is 0 Å². The van der Waals surface area contributed by atoms with E-state index < -0.39 is 0 Å². The zero-order chi connectivity index (χ0) is 17.2. The summed E-state index contributed by atoms with van der Waals surface area (Å²) in [6.07, 6.45) is 3.63. The second-order valence-corrected chi connectivity index (χ2v) is 7.38. The van der Waals surface area contributed by atoms with E-state index in [9.17, 15) is 0 Å². The Bertz CT molecular complexity index is 503. The first-order valence-electron chi connectivity index (χ1n) is 9.09. The molecule has 0 aromatic carbocycles. The normalized spacial score (nSPS) is 19.0. The van der Waals surface area contributed by atoms with Crippen molar-refractivity contribution >= 4 is 17.3 Å². The van der Waals surface area contributed by atoms with Crippen molar-refractivity contribution in [2.24, 2.45) is 4.99 Å². The van der Waals surface area contributed by atoms with Crippen molar-refractivity contribution in [2.45, 2.75) is 45.7 Å². The lowest BCUT2D eigenvalue weighted by molar-refractivity contribution is 0.141. The average molecular weight is 353 g/mol. The van der Waals surface area contributed by atoms with E-state index in [0.29, 0.717) is 6.04 Å². The minimum Gasteiger partial charge on any atom is -0.383 e. The number of nitrogens with one attached hydrogen (secondary N) is 2. The first-order chi connectivity index (χ1) is 11.8. The largest absolute Gasteiger partial charge is 0.383 e. The fourth-order valence-corrected chi connectivity index (χ4v) is 3.92. The molecule has 6 heteroatoms. The van der Waals surface area contributed by atoms with E-state index in [4.69, 9.17) is 9.73 Å². The molecule has 0 spiro atoms. The van der Waals surface area contributed by atoms with Gasteiger partial charge < -0.3 is 15.4 Å². The highest BCUT2D eigenvalue weighted by Crippen LogP contribution is 2.18. The molecule has 136 valence electrons. The lowest BCUT2D eigenvalue weighted by Crippen LogP contribution is -2.45. The molecule has 1 aromatic rings. The third kappa shape index (κ3) is 6.07. The summed E-state index contributed by atoms with van der Waals surface area (Å²) in [6, 6.07) is 4.99. The van der Waals surface area contributed by atoms with Crippen LogP contribution < -0.4 is 10.6 Å². The van der Waals surface area contributed by atoms with Gasteiger partial charge in [-0.3, -0.25) is 4.90 Å². The van der Waals surface area contributed by atoms with E-state index in [0.717, 1.165) is 45.2 Å². The highest BCUT2D eigenvalue weighted by molar-refractivity contribution is 7.11. The summed E-state index contributed by atoms with van der Waals surface area (Å²) < 4.78 is 5.22. The van der Waals surface area contributed by atoms with E-state index in [-0.39, 0.29) is 0 Å². The van der Waals surface area contributed by atoms with Crippen molar-refractivity contribution in [1.29, 1.82) is 0 Å². The Morgan fingerprint density at radius 2 is 2.17 bits per heavy atom. The lowest BCUT2D eigenvalue weighted by atomic mass is 10.2. The smallest absolute Gasteiger partial charge is 0.191 e. The van der Waals surface area contributed by atoms with E-state index in [1.807, 2.05) is 11.3 Å². The summed E-state index contributed by atoms with van der Waals surface area (Å²) in [5, 5.41) is 6.88. The Hall–Kier alpha value is -1.11. The predicted octanol–water partition coefficient (Wildman–Crippen LogP) is 2.48. The molecule has 24 heavy (non-hydrogen) atoms. The monoisotopic (exact) mass is 352 g/mol. The first-order valence-corrected chi connectivity index (χ1v) is 9.91. The van der Waals surface area contributed by atoms with Gasteiger partial charge in [-0.25, -0.2) is 4.99 Å². The summed E-state index contributed by atoms with van der Waals surface area (Å²) in [7, 11) is 1.77. The number of guanidine groups is 1. The van der Waals surface area contributed by atoms with Crippen LogP contribution in [0.25, 0.3) is 0 Å². The molecule has 0 bridgehead atoms. The molecule has 1 atom stereocenters. The molecule has 1 unspecified atom stereocenters. The van der Waals surface area contributed by atoms with E-state index in [1.165, 1.54) is 29.1 Å². The van der Waals surface area contributed by atoms with Crippen molar-refractivity contribution in [3.8, 4) is 0 Å². The van der Waals surface area contributed by atoms with Gasteiger partial charge in [-0.05, 0) is 44.9 Å². The van der Waals surface area contributed by atoms with Crippen molar-refractivity contribution in [3.63, 3.8) is 0 Å². The summed E-state index contributed by atoms with van der Waals surface area (Å²) in [5.41, 5.74) is 0. The number of ether oxygens (including phenoxy) is 1. The minimum atomic E-state index is 0.581. The van der Waals surface area contributed by atoms with Crippen LogP contribution in [0.15, 0.2) is 17.1 Å². The van der Waals surface area contributed by atoms with Crippen LogP contribution in [0.1, 0.15) is 36.4 Å². The molecular formula is C18H32N4OS. The lowest BCUT2D eigenvalue weighted by Gasteiger charge is -2.25. The molecule has 5 nitrogen and oxygen atoms in total. The van der Waals surface area contributed by atoms with Crippen LogP contribution in [0.4, 0.5) is 0 Å². The number of hydrogen-bond acceptors (Lipinski definition) is 4. The Morgan fingerprint density at radius 1 is 1.33 bits per heavy atom. The van der Waals surface area contributed by atoms with Crippen LogP contribution in [-0.2, 0) is 17.7 Å². The summed E-state index contributed by atoms with van der Waals surface area (Å²) in [5.74, 6) is 0.919. The molecule has 0 aliphatic carbocycles. The van der Waals surface area contributed by atoms with Gasteiger partial charge in [-0.1, -0.05) is 6.92 Å². The van der Waals surface area contributed by atoms with Crippen LogP contribution in [0.3, 0.4) is 0 Å². The van der Waals surface area contributed by atoms with Crippen LogP contribution in [0.2, 0.25) is 0 Å². The van der Waals surface area contributed by atoms with E-state index >= 15 is 0 Å². The van der Waals surface area contributed by atoms with Crippen molar-refractivity contribution < 1.29 is 4.74 Å². The van der Waals surface area contributed by atoms with Crippen molar-refractivity contribution in [3.05, 3.63) is 21.9 Å². The summed E-state index contributed by atoms with van der Waals surface area (Å²) in [4.78, 5) is 10.0. The van der Waals surface area contributed by atoms with E-state index in [1.54, 1.807) is 7.11 Å². The molecule has 0 radical (unpaired) electrons. The van der Waals surface area contributed by atoms with Gasteiger partial charge in [-0.15, -0.1) is 11.3 Å². The number of nitrogens with zero attached hydrogens (tertiary/aromatic N) is 2. The SMILES string of the molecule is CCNC(=NCc1ccc(CC)s1)NCC1CCCN1CCOC. The quantitative estimate of drug-likeness (QED) is 0.529. The molecule has 1 aliphatic rings. The maximum Gasteiger partial charge on any atom is 0.191 e. The number of rotatable bonds is 9. The fraction of sp³-hybridized carbons (Fsp3) is 0.722. The number of hydrogen-bond donors (Lipinski definition) is 2. The molecule has 1 saturated heterocycles. The van der Waals surface area contributed by atoms with Gasteiger partial charge in [0.25, 0.3) is 0 Å². The highest BCUT2D eigenvalue weighted by atomic mass is 32.1. The van der Waals surface area contributed by atoms with Gasteiger partial charge in [0.2, 0.25) is 0 Å². The minimum absolute atomic E-state index is 0.581. The zero-order valence-corrected chi connectivity index (χ0v) is 16.1. The molecule has 0 saturated carbocycles. The Labute approximate surface area is 150 Å².